The van der Waals surface area contributed by atoms with Gasteiger partial charge in [0.2, 0.25) is 5.91 Å². The summed E-state index contributed by atoms with van der Waals surface area (Å²) in [6, 6.07) is 8.45. The van der Waals surface area contributed by atoms with Gasteiger partial charge in [-0.3, -0.25) is 9.59 Å². The molecule has 0 atom stereocenters. The first-order valence-corrected chi connectivity index (χ1v) is 10.4. The molecular weight excluding hydrogens is 472 g/mol. The Labute approximate surface area is 190 Å². The predicted octanol–water partition coefficient (Wildman–Crippen LogP) is 4.28. The zero-order valence-corrected chi connectivity index (χ0v) is 19.3. The number of halogens is 2. The molecule has 1 aromatic carbocycles. The maximum atomic E-state index is 12.8. The molecule has 1 fully saturated rings. The van der Waals surface area contributed by atoms with Crippen LogP contribution in [-0.2, 0) is 4.79 Å². The topological polar surface area (TPSA) is 94.6 Å². The van der Waals surface area contributed by atoms with Crippen LogP contribution in [-0.4, -0.2) is 45.9 Å². The Kier molecular flexibility index (Phi) is 8.64. The molecule has 0 bridgehead atoms. The molecule has 30 heavy (non-hydrogen) atoms. The van der Waals surface area contributed by atoms with Gasteiger partial charge >= 0.3 is 0 Å². The molecule has 2 amide bonds. The molecule has 3 rings (SSSR count). The van der Waals surface area contributed by atoms with Crippen LogP contribution < -0.4 is 10.6 Å². The monoisotopic (exact) mass is 496 g/mol. The third-order valence-corrected chi connectivity index (χ3v) is 5.60. The minimum absolute atomic E-state index is 0. The number of nitrogens with zero attached hydrogens (tertiary/aromatic N) is 2. The Hall–Kier alpha value is -2.16. The highest BCUT2D eigenvalue weighted by Crippen LogP contribution is 2.30. The van der Waals surface area contributed by atoms with E-state index in [0.717, 1.165) is 30.4 Å². The minimum Gasteiger partial charge on any atom is -0.506 e. The summed E-state index contributed by atoms with van der Waals surface area (Å²) in [4.78, 5) is 32.0. The fourth-order valence-electron chi connectivity index (χ4n) is 3.40. The zero-order chi connectivity index (χ0) is 21.0. The van der Waals surface area contributed by atoms with Gasteiger partial charge in [0.25, 0.3) is 5.91 Å². The number of anilines is 2. The van der Waals surface area contributed by atoms with E-state index in [9.17, 15) is 14.7 Å². The number of rotatable bonds is 5. The van der Waals surface area contributed by atoms with Gasteiger partial charge in [-0.15, -0.1) is 12.4 Å². The number of aromatic hydroxyl groups is 1. The van der Waals surface area contributed by atoms with Crippen LogP contribution in [0.3, 0.4) is 0 Å². The summed E-state index contributed by atoms with van der Waals surface area (Å²) in [6.07, 6.45) is 3.08. The van der Waals surface area contributed by atoms with Gasteiger partial charge in [-0.05, 0) is 80.0 Å². The van der Waals surface area contributed by atoms with E-state index in [4.69, 9.17) is 0 Å². The number of amides is 2. The first kappa shape index (κ1) is 24.1. The van der Waals surface area contributed by atoms with E-state index in [2.05, 4.69) is 50.3 Å². The van der Waals surface area contributed by atoms with Crippen LogP contribution in [0.15, 0.2) is 41.0 Å². The molecule has 1 aliphatic heterocycles. The molecule has 162 valence electrons. The van der Waals surface area contributed by atoms with E-state index >= 15 is 0 Å². The molecule has 3 N–H and O–H groups in total. The van der Waals surface area contributed by atoms with Crippen LogP contribution in [0.5, 0.6) is 5.75 Å². The van der Waals surface area contributed by atoms with Crippen LogP contribution in [0.1, 0.15) is 37.0 Å². The lowest BCUT2D eigenvalue weighted by Crippen LogP contribution is -2.41. The molecule has 1 aliphatic rings. The van der Waals surface area contributed by atoms with Crippen molar-refractivity contribution in [2.75, 3.05) is 23.7 Å². The molecule has 9 heteroatoms. The Bertz CT molecular complexity index is 884. The Balaban J connectivity index is 0.00000320. The number of hydrogen-bond donors (Lipinski definition) is 3. The zero-order valence-electron chi connectivity index (χ0n) is 16.9. The molecule has 1 saturated heterocycles. The molecule has 2 aromatic rings. The van der Waals surface area contributed by atoms with Crippen molar-refractivity contribution >= 4 is 51.7 Å². The van der Waals surface area contributed by atoms with E-state index in [1.165, 1.54) is 6.07 Å². The number of para-hydroxylation sites is 1. The maximum absolute atomic E-state index is 12.8. The summed E-state index contributed by atoms with van der Waals surface area (Å²) >= 11 is 3.30. The van der Waals surface area contributed by atoms with Crippen molar-refractivity contribution in [3.63, 3.8) is 0 Å². The first-order chi connectivity index (χ1) is 13.8. The van der Waals surface area contributed by atoms with Crippen LogP contribution in [0.2, 0.25) is 0 Å². The van der Waals surface area contributed by atoms with Crippen LogP contribution >= 0.6 is 28.3 Å². The van der Waals surface area contributed by atoms with Gasteiger partial charge in [-0.1, -0.05) is 6.07 Å². The Morgan fingerprint density at radius 3 is 2.47 bits per heavy atom. The largest absolute Gasteiger partial charge is 0.506 e. The number of pyridine rings is 1. The number of phenols is 1. The number of nitrogens with one attached hydrogen (secondary N) is 2. The second kappa shape index (κ2) is 10.7. The molecule has 0 unspecified atom stereocenters. The summed E-state index contributed by atoms with van der Waals surface area (Å²) in [7, 11) is 0. The lowest BCUT2D eigenvalue weighted by molar-refractivity contribution is -0.121. The smallest absolute Gasteiger partial charge is 0.259 e. The molecule has 0 aliphatic carbocycles. The average Bonchev–Trinajstić information content (AvgIpc) is 2.71. The van der Waals surface area contributed by atoms with Crippen molar-refractivity contribution in [3.8, 4) is 5.75 Å². The molecule has 7 nitrogen and oxygen atoms in total. The van der Waals surface area contributed by atoms with Crippen LogP contribution in [0.4, 0.5) is 11.5 Å². The average molecular weight is 498 g/mol. The van der Waals surface area contributed by atoms with Crippen molar-refractivity contribution < 1.29 is 14.7 Å². The fourth-order valence-corrected chi connectivity index (χ4v) is 3.63. The van der Waals surface area contributed by atoms with Gasteiger partial charge in [-0.2, -0.15) is 0 Å². The summed E-state index contributed by atoms with van der Waals surface area (Å²) in [5.41, 5.74) is 0.307. The summed E-state index contributed by atoms with van der Waals surface area (Å²) in [5.74, 6) is -0.547. The first-order valence-electron chi connectivity index (χ1n) is 9.65. The van der Waals surface area contributed by atoms with E-state index in [1.807, 2.05) is 0 Å². The highest BCUT2D eigenvalue weighted by Gasteiger charge is 2.27. The molecular formula is C21H26BrClN4O3. The molecule has 2 heterocycles. The van der Waals surface area contributed by atoms with Crippen molar-refractivity contribution in [3.05, 3.63) is 46.6 Å². The number of aromatic nitrogens is 1. The van der Waals surface area contributed by atoms with Crippen molar-refractivity contribution in [1.29, 1.82) is 0 Å². The lowest BCUT2D eigenvalue weighted by atomic mass is 9.95. The Morgan fingerprint density at radius 1 is 1.17 bits per heavy atom. The van der Waals surface area contributed by atoms with Crippen molar-refractivity contribution in [1.82, 2.24) is 9.88 Å². The fraction of sp³-hybridized carbons (Fsp3) is 0.381. The Morgan fingerprint density at radius 2 is 1.87 bits per heavy atom. The SMILES string of the molecule is CC(C)N1CCC(C(=O)Nc2c(O)cccc2C(=O)Nc2ccc(Br)cn2)CC1.Cl. The highest BCUT2D eigenvalue weighted by atomic mass is 79.9. The summed E-state index contributed by atoms with van der Waals surface area (Å²) < 4.78 is 0.796. The molecule has 0 radical (unpaired) electrons. The normalized spacial score (nSPS) is 14.8. The van der Waals surface area contributed by atoms with E-state index < -0.39 is 5.91 Å². The molecule has 1 aromatic heterocycles. The van der Waals surface area contributed by atoms with Gasteiger partial charge in [0.1, 0.15) is 11.6 Å². The quantitative estimate of drug-likeness (QED) is 0.536. The number of carbonyl (C=O) groups excluding carboxylic acids is 2. The molecule has 0 spiro atoms. The van der Waals surface area contributed by atoms with Crippen molar-refractivity contribution in [2.45, 2.75) is 32.7 Å². The van der Waals surface area contributed by atoms with Crippen LogP contribution in [0.25, 0.3) is 0 Å². The minimum atomic E-state index is -0.458. The van der Waals surface area contributed by atoms with E-state index in [0.29, 0.717) is 11.9 Å². The number of benzene rings is 1. The maximum Gasteiger partial charge on any atom is 0.259 e. The van der Waals surface area contributed by atoms with Crippen molar-refractivity contribution in [2.24, 2.45) is 5.92 Å². The number of carbonyl (C=O) groups is 2. The van der Waals surface area contributed by atoms with Gasteiger partial charge in [0.05, 0.1) is 11.3 Å². The highest BCUT2D eigenvalue weighted by molar-refractivity contribution is 9.10. The van der Waals surface area contributed by atoms with Gasteiger partial charge in [0, 0.05) is 22.6 Å². The number of piperidine rings is 1. The lowest BCUT2D eigenvalue weighted by Gasteiger charge is -2.34. The third-order valence-electron chi connectivity index (χ3n) is 5.13. The summed E-state index contributed by atoms with van der Waals surface area (Å²) in [6.45, 7) is 6.01. The third kappa shape index (κ3) is 5.93. The van der Waals surface area contributed by atoms with E-state index in [1.54, 1.807) is 30.5 Å². The number of hydrogen-bond acceptors (Lipinski definition) is 5. The molecule has 0 saturated carbocycles. The second-order valence-corrected chi connectivity index (χ2v) is 8.32. The van der Waals surface area contributed by atoms with E-state index in [-0.39, 0.29) is 41.2 Å². The standard InChI is InChI=1S/C21H25BrN4O3.ClH/c1-13(2)26-10-8-14(9-11-26)20(28)25-19-16(4-3-5-17(19)27)21(29)24-18-7-6-15(22)12-23-18;/h3-7,12-14,27H,8-11H2,1-2H3,(H,25,28)(H,23,24,29);1H. The second-order valence-electron chi connectivity index (χ2n) is 7.41. The van der Waals surface area contributed by atoms with Gasteiger partial charge < -0.3 is 20.6 Å². The van der Waals surface area contributed by atoms with Gasteiger partial charge in [-0.25, -0.2) is 4.98 Å². The number of likely N-dealkylation sites (tertiary alicyclic amines) is 1. The van der Waals surface area contributed by atoms with Gasteiger partial charge in [0.15, 0.2) is 0 Å². The predicted molar refractivity (Wildman–Crippen MR) is 123 cm³/mol. The van der Waals surface area contributed by atoms with Crippen LogP contribution in [0, 0.1) is 5.92 Å². The number of phenolic OH excluding ortho intramolecular Hbond substituents is 1. The summed E-state index contributed by atoms with van der Waals surface area (Å²) in [5, 5.41) is 15.7.